The largest absolute Gasteiger partial charge is 0.496 e. The Morgan fingerprint density at radius 2 is 1.43 bits per heavy atom. The molecule has 3 fully saturated rings. The van der Waals surface area contributed by atoms with Gasteiger partial charge >= 0.3 is 0 Å². The average Bonchev–Trinajstić information content (AvgIpc) is 3.34. The molecule has 0 heterocycles. The van der Waals surface area contributed by atoms with Crippen molar-refractivity contribution in [1.29, 1.82) is 0 Å². The van der Waals surface area contributed by atoms with Crippen LogP contribution >= 0.6 is 0 Å². The quantitative estimate of drug-likeness (QED) is 0.228. The van der Waals surface area contributed by atoms with Gasteiger partial charge in [0.25, 0.3) is 0 Å². The molecule has 1 aromatic rings. The first kappa shape index (κ1) is 37.5. The molecule has 0 radical (unpaired) electrons. The SMILES string of the molecule is COc1ccc(OC)c2c1C[C@H]1[C@]3(C)CC[C@@H]4[C@](C)(CC[C@H](O[Si](C)(C)C(C)(C)C)[C@@]4(C)[C@H](O)C[C@@H]4C(C)=CCCC4(C)C)[C@H]3CC[C@]21C. The van der Waals surface area contributed by atoms with E-state index in [9.17, 15) is 5.11 Å². The van der Waals surface area contributed by atoms with E-state index in [0.717, 1.165) is 43.6 Å². The summed E-state index contributed by atoms with van der Waals surface area (Å²) in [6.07, 6.45) is 13.4. The second-order valence-corrected chi connectivity index (χ2v) is 25.5. The number of methoxy groups -OCH3 is 2. The van der Waals surface area contributed by atoms with Crippen molar-refractivity contribution in [3.63, 3.8) is 0 Å². The number of benzene rings is 1. The molecular weight excluding hydrogens is 621 g/mol. The molecule has 0 unspecified atom stereocenters. The van der Waals surface area contributed by atoms with Gasteiger partial charge in [-0.15, -0.1) is 0 Å². The van der Waals surface area contributed by atoms with E-state index in [4.69, 9.17) is 13.9 Å². The molecule has 276 valence electrons. The van der Waals surface area contributed by atoms with Crippen molar-refractivity contribution in [1.82, 2.24) is 0 Å². The van der Waals surface area contributed by atoms with E-state index in [1.165, 1.54) is 48.8 Å². The molecule has 5 heteroatoms. The van der Waals surface area contributed by atoms with E-state index in [1.807, 2.05) is 14.2 Å². The second-order valence-electron chi connectivity index (χ2n) is 20.7. The molecule has 0 aromatic heterocycles. The normalized spacial score (nSPS) is 40.7. The van der Waals surface area contributed by atoms with Gasteiger partial charge in [-0.05, 0) is 141 Å². The zero-order valence-electron chi connectivity index (χ0n) is 33.9. The molecule has 0 amide bonds. The monoisotopic (exact) mass is 693 g/mol. The van der Waals surface area contributed by atoms with Gasteiger partial charge in [-0.3, -0.25) is 0 Å². The Morgan fingerprint density at radius 1 is 0.837 bits per heavy atom. The summed E-state index contributed by atoms with van der Waals surface area (Å²) in [4.78, 5) is 0. The van der Waals surface area contributed by atoms with Gasteiger partial charge in [-0.25, -0.2) is 0 Å². The highest BCUT2D eigenvalue weighted by atomic mass is 28.4. The fourth-order valence-electron chi connectivity index (χ4n) is 13.2. The third-order valence-corrected chi connectivity index (χ3v) is 21.6. The molecule has 4 nitrogen and oxygen atoms in total. The molecule has 0 aliphatic heterocycles. The average molecular weight is 693 g/mol. The minimum Gasteiger partial charge on any atom is -0.496 e. The Kier molecular flexibility index (Phi) is 9.26. The Hall–Kier alpha value is -1.30. The van der Waals surface area contributed by atoms with Gasteiger partial charge in [0.05, 0.1) is 26.4 Å². The molecule has 0 spiro atoms. The predicted octanol–water partition coefficient (Wildman–Crippen LogP) is 11.3. The Labute approximate surface area is 301 Å². The molecular formula is C44H72O4Si. The standard InChI is InChI=1S/C44H72O4Si/c1-28-16-15-22-40(5,6)30(28)27-36(45)44(10)34-20-23-42(8)33(41(34,7)25-21-37(44)48-49(13,14)39(2,3)4)19-24-43(9)35(42)26-29-31(46-11)17-18-32(47-12)38(29)43/h16-18,30,33-37,45H,15,19-27H2,1-14H3/t30-,33-,34-,35+,36-,37+,41-,42-,43+,44-/m1/s1. The van der Waals surface area contributed by atoms with Crippen LogP contribution in [-0.2, 0) is 16.3 Å². The van der Waals surface area contributed by atoms with Crippen LogP contribution in [0.25, 0.3) is 0 Å². The van der Waals surface area contributed by atoms with Crippen molar-refractivity contribution >= 4 is 8.32 Å². The van der Waals surface area contributed by atoms with E-state index in [1.54, 1.807) is 0 Å². The maximum absolute atomic E-state index is 12.9. The van der Waals surface area contributed by atoms with Gasteiger partial charge in [0, 0.05) is 22.0 Å². The smallest absolute Gasteiger partial charge is 0.192 e. The number of aliphatic hydroxyl groups excluding tert-OH is 1. The minimum atomic E-state index is -2.08. The number of hydrogen-bond acceptors (Lipinski definition) is 4. The van der Waals surface area contributed by atoms with Crippen LogP contribution < -0.4 is 9.47 Å². The summed E-state index contributed by atoms with van der Waals surface area (Å²) >= 11 is 0. The number of fused-ring (bicyclic) bond motifs is 7. The molecule has 6 rings (SSSR count). The maximum Gasteiger partial charge on any atom is 0.192 e. The first-order valence-electron chi connectivity index (χ1n) is 19.9. The second kappa shape index (κ2) is 12.1. The molecule has 1 N–H and O–H groups in total. The Balaban J connectivity index is 1.40. The molecule has 0 saturated heterocycles. The number of allylic oxidation sites excluding steroid dienone is 2. The molecule has 49 heavy (non-hydrogen) atoms. The van der Waals surface area contributed by atoms with Crippen molar-refractivity contribution in [3.8, 4) is 11.5 Å². The van der Waals surface area contributed by atoms with Gasteiger partial charge in [-0.2, -0.15) is 0 Å². The predicted molar refractivity (Wildman–Crippen MR) is 206 cm³/mol. The number of rotatable bonds is 7. The summed E-state index contributed by atoms with van der Waals surface area (Å²) in [5.41, 5.74) is 4.60. The lowest BCUT2D eigenvalue weighted by Crippen LogP contribution is -2.67. The highest BCUT2D eigenvalue weighted by molar-refractivity contribution is 6.74. The molecule has 5 aliphatic rings. The van der Waals surface area contributed by atoms with Crippen LogP contribution in [0.4, 0.5) is 0 Å². The lowest BCUT2D eigenvalue weighted by atomic mass is 9.36. The highest BCUT2D eigenvalue weighted by Crippen LogP contribution is 2.74. The van der Waals surface area contributed by atoms with Crippen LogP contribution in [0, 0.1) is 45.3 Å². The van der Waals surface area contributed by atoms with Crippen LogP contribution in [0.3, 0.4) is 0 Å². The van der Waals surface area contributed by atoms with Crippen LogP contribution in [0.2, 0.25) is 18.1 Å². The highest BCUT2D eigenvalue weighted by Gasteiger charge is 2.69. The van der Waals surface area contributed by atoms with Crippen LogP contribution in [-0.4, -0.2) is 39.9 Å². The number of aliphatic hydroxyl groups is 1. The molecule has 0 bridgehead atoms. The van der Waals surface area contributed by atoms with Gasteiger partial charge in [0.2, 0.25) is 0 Å². The number of hydrogen-bond donors (Lipinski definition) is 1. The lowest BCUT2D eigenvalue weighted by Gasteiger charge is -2.70. The maximum atomic E-state index is 12.9. The number of ether oxygens (including phenoxy) is 2. The third kappa shape index (κ3) is 5.46. The van der Waals surface area contributed by atoms with Crippen molar-refractivity contribution in [2.75, 3.05) is 14.2 Å². The third-order valence-electron chi connectivity index (χ3n) is 17.1. The van der Waals surface area contributed by atoms with Crippen molar-refractivity contribution < 1.29 is 19.0 Å². The summed E-state index contributed by atoms with van der Waals surface area (Å²) in [6.45, 7) is 29.5. The summed E-state index contributed by atoms with van der Waals surface area (Å²) in [5.74, 6) is 4.05. The topological polar surface area (TPSA) is 47.9 Å². The van der Waals surface area contributed by atoms with Gasteiger partial charge in [-0.1, -0.05) is 74.0 Å². The van der Waals surface area contributed by atoms with Gasteiger partial charge in [0.15, 0.2) is 8.32 Å². The molecule has 5 aliphatic carbocycles. The molecule has 1 aromatic carbocycles. The van der Waals surface area contributed by atoms with E-state index in [0.29, 0.717) is 23.7 Å². The minimum absolute atomic E-state index is 0.0750. The van der Waals surface area contributed by atoms with E-state index >= 15 is 0 Å². The Morgan fingerprint density at radius 3 is 2.04 bits per heavy atom. The zero-order valence-corrected chi connectivity index (χ0v) is 34.9. The van der Waals surface area contributed by atoms with Crippen LogP contribution in [0.5, 0.6) is 11.5 Å². The van der Waals surface area contributed by atoms with Crippen molar-refractivity contribution in [2.45, 2.75) is 169 Å². The van der Waals surface area contributed by atoms with Crippen LogP contribution in [0.1, 0.15) is 138 Å². The van der Waals surface area contributed by atoms with E-state index < -0.39 is 14.4 Å². The molecule has 10 atom stereocenters. The van der Waals surface area contributed by atoms with Gasteiger partial charge in [0.1, 0.15) is 11.5 Å². The fraction of sp³-hybridized carbons (Fsp3) is 0.818. The van der Waals surface area contributed by atoms with E-state index in [2.05, 4.69) is 101 Å². The van der Waals surface area contributed by atoms with Crippen molar-refractivity contribution in [2.24, 2.45) is 45.3 Å². The first-order valence-corrected chi connectivity index (χ1v) is 22.8. The zero-order chi connectivity index (χ0) is 36.2. The summed E-state index contributed by atoms with van der Waals surface area (Å²) in [6, 6.07) is 4.26. The fourth-order valence-corrected chi connectivity index (χ4v) is 14.7. The van der Waals surface area contributed by atoms with E-state index in [-0.39, 0.29) is 38.2 Å². The lowest BCUT2D eigenvalue weighted by molar-refractivity contribution is -0.229. The summed E-state index contributed by atoms with van der Waals surface area (Å²) in [5, 5.41) is 13.1. The van der Waals surface area contributed by atoms with Gasteiger partial charge < -0.3 is 19.0 Å². The molecule has 3 saturated carbocycles. The Bertz CT molecular complexity index is 1460. The van der Waals surface area contributed by atoms with Crippen LogP contribution in [0.15, 0.2) is 23.8 Å². The summed E-state index contributed by atoms with van der Waals surface area (Å²) in [7, 11) is 1.58. The summed E-state index contributed by atoms with van der Waals surface area (Å²) < 4.78 is 19.6. The van der Waals surface area contributed by atoms with Crippen molar-refractivity contribution in [3.05, 3.63) is 34.9 Å². The first-order chi connectivity index (χ1) is 22.6.